The van der Waals surface area contributed by atoms with Crippen molar-refractivity contribution in [2.45, 2.75) is 49.7 Å². The number of fused-ring (bicyclic) bond motifs is 1. The van der Waals surface area contributed by atoms with E-state index in [1.807, 2.05) is 0 Å². The predicted molar refractivity (Wildman–Crippen MR) is 154 cm³/mol. The highest BCUT2D eigenvalue weighted by molar-refractivity contribution is 5.97. The van der Waals surface area contributed by atoms with E-state index in [1.165, 1.54) is 12.1 Å². The zero-order chi connectivity index (χ0) is 32.8. The van der Waals surface area contributed by atoms with Crippen LogP contribution in [0.4, 0.5) is 48.1 Å². The second-order valence-corrected chi connectivity index (χ2v) is 11.7. The van der Waals surface area contributed by atoms with E-state index in [-0.39, 0.29) is 61.7 Å². The van der Waals surface area contributed by atoms with Crippen LogP contribution >= 0.6 is 0 Å². The van der Waals surface area contributed by atoms with Crippen molar-refractivity contribution in [2.75, 3.05) is 29.5 Å². The number of amides is 1. The van der Waals surface area contributed by atoms with Gasteiger partial charge >= 0.3 is 6.18 Å². The molecule has 1 aliphatic carbocycles. The Morgan fingerprint density at radius 2 is 1.70 bits per heavy atom. The molecule has 1 aromatic heterocycles. The molecule has 2 atom stereocenters. The van der Waals surface area contributed by atoms with Gasteiger partial charge in [0.2, 0.25) is 0 Å². The number of aliphatic hydroxyl groups excluding tert-OH is 1. The van der Waals surface area contributed by atoms with Gasteiger partial charge in [-0.05, 0) is 43.0 Å². The summed E-state index contributed by atoms with van der Waals surface area (Å²) in [5.74, 6) is -5.58. The van der Waals surface area contributed by atoms with E-state index < -0.39 is 71.1 Å². The zero-order valence-electron chi connectivity index (χ0n) is 24.2. The molecule has 1 unspecified atom stereocenters. The third-order valence-corrected chi connectivity index (χ3v) is 8.43. The minimum absolute atomic E-state index is 0.0153. The van der Waals surface area contributed by atoms with Gasteiger partial charge in [0.25, 0.3) is 5.91 Å². The van der Waals surface area contributed by atoms with Gasteiger partial charge in [-0.25, -0.2) is 22.5 Å². The Bertz CT molecular complexity index is 1620. The maximum absolute atomic E-state index is 15.3. The monoisotopic (exact) mass is 650 g/mol. The van der Waals surface area contributed by atoms with Crippen LogP contribution in [0.3, 0.4) is 0 Å². The van der Waals surface area contributed by atoms with Crippen molar-refractivity contribution >= 4 is 23.2 Å². The molecule has 3 heterocycles. The molecule has 244 valence electrons. The van der Waals surface area contributed by atoms with Crippen molar-refractivity contribution in [1.82, 2.24) is 10.3 Å². The highest BCUT2D eigenvalue weighted by atomic mass is 19.4. The lowest BCUT2D eigenvalue weighted by Gasteiger charge is -2.38. The van der Waals surface area contributed by atoms with Gasteiger partial charge in [-0.1, -0.05) is 18.2 Å². The highest BCUT2D eigenvalue weighted by Crippen LogP contribution is 2.45. The Kier molecular flexibility index (Phi) is 8.34. The maximum Gasteiger partial charge on any atom is 0.408 e. The zero-order valence-corrected chi connectivity index (χ0v) is 24.2. The topological polar surface area (TPSA) is 77.9 Å². The van der Waals surface area contributed by atoms with Crippen LogP contribution in [-0.4, -0.2) is 53.6 Å². The van der Waals surface area contributed by atoms with Crippen LogP contribution in [0, 0.1) is 23.4 Å². The molecular weight excluding hydrogens is 621 g/mol. The lowest BCUT2D eigenvalue weighted by Crippen LogP contribution is -2.48. The summed E-state index contributed by atoms with van der Waals surface area (Å²) in [7, 11) is 0. The van der Waals surface area contributed by atoms with E-state index in [9.17, 15) is 31.9 Å². The summed E-state index contributed by atoms with van der Waals surface area (Å²) >= 11 is 0. The summed E-state index contributed by atoms with van der Waals surface area (Å²) in [5.41, 5.74) is -2.93. The van der Waals surface area contributed by atoms with E-state index in [2.05, 4.69) is 10.3 Å². The van der Waals surface area contributed by atoms with Crippen molar-refractivity contribution in [3.05, 3.63) is 89.4 Å². The number of pyridine rings is 1. The SMILES string of the molecule is O=C(N[C@@H](C1CC1)C(F)(F)F)C1=CN(c2c(F)cc(F)cc2F)c2nc(N3CCC(F)(CO)CC3)ccc2C1Oc1ccccc1. The summed E-state index contributed by atoms with van der Waals surface area (Å²) in [4.78, 5) is 20.8. The van der Waals surface area contributed by atoms with Gasteiger partial charge in [-0.15, -0.1) is 0 Å². The summed E-state index contributed by atoms with van der Waals surface area (Å²) in [5, 5.41) is 11.5. The number of halogens is 7. The molecule has 0 bridgehead atoms. The van der Waals surface area contributed by atoms with E-state index in [0.29, 0.717) is 12.1 Å². The number of ether oxygens (including phenoxy) is 1. The number of para-hydroxylation sites is 1. The number of carbonyl (C=O) groups excluding carboxylic acids is 1. The van der Waals surface area contributed by atoms with Crippen LogP contribution in [0.2, 0.25) is 0 Å². The number of hydrogen-bond acceptors (Lipinski definition) is 6. The van der Waals surface area contributed by atoms with Crippen molar-refractivity contribution in [2.24, 2.45) is 5.92 Å². The number of alkyl halides is 4. The Balaban J connectivity index is 1.48. The summed E-state index contributed by atoms with van der Waals surface area (Å²) < 4.78 is 107. The first-order valence-electron chi connectivity index (χ1n) is 14.7. The first-order valence-corrected chi connectivity index (χ1v) is 14.7. The molecule has 0 radical (unpaired) electrons. The highest BCUT2D eigenvalue weighted by Gasteiger charge is 2.50. The van der Waals surface area contributed by atoms with Crippen molar-refractivity contribution < 1.29 is 45.4 Å². The summed E-state index contributed by atoms with van der Waals surface area (Å²) in [6.45, 7) is -0.357. The van der Waals surface area contributed by atoms with Gasteiger partial charge in [0.15, 0.2) is 17.7 Å². The standard InChI is InChI=1S/C32H29F7N4O3/c33-19-14-23(34)26(24(35)15-19)43-16-22(30(45)41-28(18-6-7-18)32(37,38)39)27(46-20-4-2-1-3-5-20)21-8-9-25(40-29(21)43)42-12-10-31(36,17-44)11-13-42/h1-5,8-9,14-16,18,27-28,44H,6-7,10-13,17H2,(H,41,45)/t27?,28-/m0/s1. The van der Waals surface area contributed by atoms with Gasteiger partial charge in [0.1, 0.15) is 40.6 Å². The molecule has 0 spiro atoms. The number of nitrogens with zero attached hydrogens (tertiary/aromatic N) is 3. The largest absolute Gasteiger partial charge is 0.481 e. The van der Waals surface area contributed by atoms with Gasteiger partial charge in [0.05, 0.1) is 12.2 Å². The number of benzene rings is 2. The molecular formula is C32H29F7N4O3. The Morgan fingerprint density at radius 3 is 2.28 bits per heavy atom. The molecule has 2 N–H and O–H groups in total. The summed E-state index contributed by atoms with van der Waals surface area (Å²) in [6.07, 6.45) is -4.71. The fraction of sp³-hybridized carbons (Fsp3) is 0.375. The normalized spacial score (nSPS) is 20.1. The number of carbonyl (C=O) groups is 1. The molecule has 1 saturated carbocycles. The number of hydrogen-bond donors (Lipinski definition) is 2. The van der Waals surface area contributed by atoms with Crippen LogP contribution in [0.15, 0.2) is 66.4 Å². The van der Waals surface area contributed by atoms with Crippen LogP contribution < -0.4 is 19.9 Å². The molecule has 46 heavy (non-hydrogen) atoms. The number of piperidine rings is 1. The number of aliphatic hydroxyl groups is 1. The molecule has 3 aromatic rings. The average Bonchev–Trinajstić information content (AvgIpc) is 3.85. The first-order chi connectivity index (χ1) is 21.9. The quantitative estimate of drug-likeness (QED) is 0.275. The number of anilines is 3. The number of rotatable bonds is 8. The van der Waals surface area contributed by atoms with Gasteiger partial charge in [-0.2, -0.15) is 13.2 Å². The molecule has 3 aliphatic rings. The third kappa shape index (κ3) is 6.35. The maximum atomic E-state index is 15.3. The molecule has 2 fully saturated rings. The second-order valence-electron chi connectivity index (χ2n) is 11.7. The average molecular weight is 651 g/mol. The third-order valence-electron chi connectivity index (χ3n) is 8.43. The number of aromatic nitrogens is 1. The van der Waals surface area contributed by atoms with E-state index >= 15 is 8.78 Å². The lowest BCUT2D eigenvalue weighted by molar-refractivity contribution is -0.165. The van der Waals surface area contributed by atoms with E-state index in [1.54, 1.807) is 35.2 Å². The molecule has 7 nitrogen and oxygen atoms in total. The van der Waals surface area contributed by atoms with Crippen molar-refractivity contribution in [3.8, 4) is 5.75 Å². The second kappa shape index (κ2) is 12.1. The predicted octanol–water partition coefficient (Wildman–Crippen LogP) is 6.41. The smallest absolute Gasteiger partial charge is 0.408 e. The lowest BCUT2D eigenvalue weighted by atomic mass is 9.94. The van der Waals surface area contributed by atoms with E-state index in [0.717, 1.165) is 11.1 Å². The van der Waals surface area contributed by atoms with E-state index in [4.69, 9.17) is 4.74 Å². The Hall–Kier alpha value is -4.33. The number of nitrogens with one attached hydrogen (secondary N) is 1. The molecule has 1 saturated heterocycles. The minimum Gasteiger partial charge on any atom is -0.481 e. The minimum atomic E-state index is -4.76. The molecule has 1 amide bonds. The molecule has 2 aromatic carbocycles. The fourth-order valence-electron chi connectivity index (χ4n) is 5.75. The van der Waals surface area contributed by atoms with Crippen LogP contribution in [-0.2, 0) is 4.79 Å². The van der Waals surface area contributed by atoms with Crippen LogP contribution in [0.5, 0.6) is 5.75 Å². The molecule has 6 rings (SSSR count). The van der Waals surface area contributed by atoms with Crippen LogP contribution in [0.1, 0.15) is 37.4 Å². The fourth-order valence-corrected chi connectivity index (χ4v) is 5.75. The Morgan fingerprint density at radius 1 is 1.04 bits per heavy atom. The van der Waals surface area contributed by atoms with Gasteiger partial charge < -0.3 is 20.1 Å². The van der Waals surface area contributed by atoms with Crippen molar-refractivity contribution in [3.63, 3.8) is 0 Å². The molecule has 2 aliphatic heterocycles. The van der Waals surface area contributed by atoms with Crippen LogP contribution in [0.25, 0.3) is 0 Å². The first kappa shape index (κ1) is 31.6. The molecule has 14 heteroatoms. The summed E-state index contributed by atoms with van der Waals surface area (Å²) in [6, 6.07) is 9.77. The van der Waals surface area contributed by atoms with Crippen molar-refractivity contribution in [1.29, 1.82) is 0 Å². The van der Waals surface area contributed by atoms with Gasteiger partial charge in [0, 0.05) is 49.8 Å². The van der Waals surface area contributed by atoms with Gasteiger partial charge in [-0.3, -0.25) is 9.69 Å². The Labute approximate surface area is 259 Å².